The van der Waals surface area contributed by atoms with Crippen molar-refractivity contribution < 1.29 is 47.7 Å². The second-order valence-corrected chi connectivity index (χ2v) is 6.86. The van der Waals surface area contributed by atoms with E-state index in [2.05, 4.69) is 0 Å². The molecule has 2 rings (SSSR count). The van der Waals surface area contributed by atoms with Gasteiger partial charge in [-0.15, -0.1) is 0 Å². The van der Waals surface area contributed by atoms with Crippen molar-refractivity contribution in [1.29, 1.82) is 0 Å². The number of esters is 4. The summed E-state index contributed by atoms with van der Waals surface area (Å²) in [5.41, 5.74) is 0. The Bertz CT molecular complexity index is 681. The minimum atomic E-state index is -1.73. The highest BCUT2D eigenvalue weighted by atomic mass is 16.6. The normalized spacial score (nSPS) is 18.3. The summed E-state index contributed by atoms with van der Waals surface area (Å²) < 4.78 is 20.5. The number of hydrogen-bond donors (Lipinski definition) is 0. The van der Waals surface area contributed by atoms with Gasteiger partial charge in [-0.1, -0.05) is 0 Å². The Hall–Kier alpha value is -3.18. The van der Waals surface area contributed by atoms with Gasteiger partial charge in [0.15, 0.2) is 12.2 Å². The van der Waals surface area contributed by atoms with Crippen LogP contribution < -0.4 is 0 Å². The molecular formula is C18H24N2O10. The van der Waals surface area contributed by atoms with Crippen molar-refractivity contribution in [2.75, 3.05) is 26.2 Å². The van der Waals surface area contributed by atoms with Gasteiger partial charge in [-0.3, -0.25) is 28.8 Å². The number of rotatable bonds is 9. The maximum atomic E-state index is 12.7. The van der Waals surface area contributed by atoms with Gasteiger partial charge >= 0.3 is 23.9 Å². The molecule has 2 aliphatic heterocycles. The van der Waals surface area contributed by atoms with E-state index in [-0.39, 0.29) is 0 Å². The Kier molecular flexibility index (Phi) is 7.35. The fourth-order valence-electron chi connectivity index (χ4n) is 2.76. The molecule has 166 valence electrons. The lowest BCUT2D eigenvalue weighted by Crippen LogP contribution is -2.57. The first-order chi connectivity index (χ1) is 14.0. The number of carbonyl (C=O) groups is 6. The zero-order valence-electron chi connectivity index (χ0n) is 17.1. The van der Waals surface area contributed by atoms with Crippen molar-refractivity contribution in [2.24, 2.45) is 0 Å². The molecule has 12 heteroatoms. The Balaban J connectivity index is 2.49. The lowest BCUT2D eigenvalue weighted by molar-refractivity contribution is -0.201. The molecule has 30 heavy (non-hydrogen) atoms. The van der Waals surface area contributed by atoms with Gasteiger partial charge in [0.2, 0.25) is 12.2 Å². The number of ether oxygens (including phenoxy) is 4. The molecule has 0 spiro atoms. The molecule has 0 aromatic heterocycles. The van der Waals surface area contributed by atoms with Crippen LogP contribution in [-0.2, 0) is 47.7 Å². The summed E-state index contributed by atoms with van der Waals surface area (Å²) in [6, 6.07) is 0. The fourth-order valence-corrected chi connectivity index (χ4v) is 2.76. The van der Waals surface area contributed by atoms with Crippen LogP contribution in [0.5, 0.6) is 0 Å². The van der Waals surface area contributed by atoms with Gasteiger partial charge in [0.25, 0.3) is 11.8 Å². The van der Waals surface area contributed by atoms with Crippen LogP contribution in [0.1, 0.15) is 27.7 Å². The van der Waals surface area contributed by atoms with Gasteiger partial charge in [0.05, 0.1) is 0 Å². The molecule has 2 heterocycles. The molecule has 0 aromatic carbocycles. The highest BCUT2D eigenvalue weighted by Gasteiger charge is 2.52. The quantitative estimate of drug-likeness (QED) is 0.239. The molecule has 2 fully saturated rings. The molecule has 2 saturated heterocycles. The number of amides is 2. The Morgan fingerprint density at radius 3 is 1.00 bits per heavy atom. The number of carbonyl (C=O) groups excluding carboxylic acids is 6. The van der Waals surface area contributed by atoms with Crippen LogP contribution in [0.4, 0.5) is 0 Å². The Labute approximate surface area is 172 Å². The highest BCUT2D eigenvalue weighted by molar-refractivity contribution is 5.88. The second-order valence-electron chi connectivity index (χ2n) is 6.86. The lowest BCUT2D eigenvalue weighted by atomic mass is 10.00. The van der Waals surface area contributed by atoms with E-state index in [9.17, 15) is 28.8 Å². The molecule has 0 bridgehead atoms. The van der Waals surface area contributed by atoms with Gasteiger partial charge in [-0.25, -0.2) is 0 Å². The van der Waals surface area contributed by atoms with Gasteiger partial charge in [0, 0.05) is 53.9 Å². The van der Waals surface area contributed by atoms with E-state index in [0.717, 1.165) is 27.7 Å². The van der Waals surface area contributed by atoms with Crippen LogP contribution in [0.3, 0.4) is 0 Å². The largest absolute Gasteiger partial charge is 0.454 e. The molecular weight excluding hydrogens is 404 g/mol. The summed E-state index contributed by atoms with van der Waals surface area (Å²) in [7, 11) is 0. The van der Waals surface area contributed by atoms with Gasteiger partial charge in [-0.2, -0.15) is 0 Å². The molecule has 0 N–H and O–H groups in total. The zero-order chi connectivity index (χ0) is 22.6. The molecule has 2 aliphatic rings. The van der Waals surface area contributed by atoms with Crippen molar-refractivity contribution in [1.82, 2.24) is 9.80 Å². The van der Waals surface area contributed by atoms with Crippen LogP contribution in [0.25, 0.3) is 0 Å². The fraction of sp³-hybridized carbons (Fsp3) is 0.667. The summed E-state index contributed by atoms with van der Waals surface area (Å²) in [5, 5.41) is 0. The van der Waals surface area contributed by atoms with E-state index in [4.69, 9.17) is 18.9 Å². The van der Waals surface area contributed by atoms with Gasteiger partial charge in [0.1, 0.15) is 0 Å². The maximum Gasteiger partial charge on any atom is 0.303 e. The smallest absolute Gasteiger partial charge is 0.303 e. The average Bonchev–Trinajstić information content (AvgIpc) is 3.51. The minimum Gasteiger partial charge on any atom is -0.454 e. The molecule has 12 nitrogen and oxygen atoms in total. The molecule has 0 aromatic rings. The molecule has 0 radical (unpaired) electrons. The monoisotopic (exact) mass is 428 g/mol. The van der Waals surface area contributed by atoms with Gasteiger partial charge in [-0.05, 0) is 0 Å². The Morgan fingerprint density at radius 2 is 0.800 bits per heavy atom. The van der Waals surface area contributed by atoms with E-state index >= 15 is 0 Å². The van der Waals surface area contributed by atoms with Crippen molar-refractivity contribution in [3.63, 3.8) is 0 Å². The van der Waals surface area contributed by atoms with Crippen molar-refractivity contribution in [2.45, 2.75) is 52.1 Å². The van der Waals surface area contributed by atoms with E-state index in [1.165, 1.54) is 9.80 Å². The number of nitrogens with zero attached hydrogens (tertiary/aromatic N) is 2. The summed E-state index contributed by atoms with van der Waals surface area (Å²) in [4.78, 5) is 74.9. The van der Waals surface area contributed by atoms with Crippen LogP contribution in [0.2, 0.25) is 0 Å². The molecule has 0 aliphatic carbocycles. The second kappa shape index (κ2) is 9.55. The summed E-state index contributed by atoms with van der Waals surface area (Å²) in [6.07, 6.45) is -6.87. The maximum absolute atomic E-state index is 12.7. The predicted octanol–water partition coefficient (Wildman–Crippen LogP) is -1.60. The summed E-state index contributed by atoms with van der Waals surface area (Å²) >= 11 is 0. The van der Waals surface area contributed by atoms with E-state index in [1.807, 2.05) is 0 Å². The van der Waals surface area contributed by atoms with Crippen LogP contribution >= 0.6 is 0 Å². The average molecular weight is 428 g/mol. The van der Waals surface area contributed by atoms with Gasteiger partial charge < -0.3 is 28.7 Å². The molecule has 0 saturated carbocycles. The number of hydrogen-bond acceptors (Lipinski definition) is 10. The SMILES string of the molecule is CC(=O)O[C@H]([C@@H](OC(C)=O)[C@H](OC(C)=O)C(=O)N1CC1)[C@H](OC(C)=O)C(=O)N1CC1. The predicted molar refractivity (Wildman–Crippen MR) is 95.4 cm³/mol. The standard InChI is InChI=1S/C18H24N2O10/c1-9(21)27-13(15(29-11(3)23)17(25)19-5-6-19)14(28-10(2)22)16(30-12(4)24)18(26)20-7-8-20/h13-16H,5-8H2,1-4H3/t13-,14-,15+,16+/m1/s1. The highest BCUT2D eigenvalue weighted by Crippen LogP contribution is 2.25. The third-order valence-electron chi connectivity index (χ3n) is 4.12. The van der Waals surface area contributed by atoms with Crippen LogP contribution in [0, 0.1) is 0 Å². The van der Waals surface area contributed by atoms with Crippen LogP contribution in [0.15, 0.2) is 0 Å². The van der Waals surface area contributed by atoms with Crippen molar-refractivity contribution in [3.05, 3.63) is 0 Å². The topological polar surface area (TPSA) is 145 Å². The van der Waals surface area contributed by atoms with E-state index in [0.29, 0.717) is 26.2 Å². The van der Waals surface area contributed by atoms with E-state index < -0.39 is 60.1 Å². The summed E-state index contributed by atoms with van der Waals surface area (Å²) in [6.45, 7) is 5.69. The Morgan fingerprint density at radius 1 is 0.533 bits per heavy atom. The first-order valence-corrected chi connectivity index (χ1v) is 9.27. The molecule has 0 unspecified atom stereocenters. The van der Waals surface area contributed by atoms with Crippen molar-refractivity contribution >= 4 is 35.7 Å². The van der Waals surface area contributed by atoms with Crippen molar-refractivity contribution in [3.8, 4) is 0 Å². The molecule has 4 atom stereocenters. The third-order valence-corrected chi connectivity index (χ3v) is 4.12. The third kappa shape index (κ3) is 6.42. The zero-order valence-corrected chi connectivity index (χ0v) is 17.1. The van der Waals surface area contributed by atoms with Crippen LogP contribution in [-0.4, -0.2) is 96.1 Å². The molecule has 2 amide bonds. The minimum absolute atomic E-state index is 0.391. The first-order valence-electron chi connectivity index (χ1n) is 9.27. The lowest BCUT2D eigenvalue weighted by Gasteiger charge is -2.34. The first kappa shape index (κ1) is 23.1. The summed E-state index contributed by atoms with van der Waals surface area (Å²) in [5.74, 6) is -4.92. The van der Waals surface area contributed by atoms with E-state index in [1.54, 1.807) is 0 Å².